The van der Waals surface area contributed by atoms with Crippen LogP contribution in [0.25, 0.3) is 11.4 Å². The van der Waals surface area contributed by atoms with Gasteiger partial charge < -0.3 is 10.3 Å². The predicted octanol–water partition coefficient (Wildman–Crippen LogP) is 1.01. The smallest absolute Gasteiger partial charge is 0.252 e. The summed E-state index contributed by atoms with van der Waals surface area (Å²) in [6, 6.07) is 13.6. The lowest BCUT2D eigenvalue weighted by atomic mass is 9.95. The van der Waals surface area contributed by atoms with Crippen molar-refractivity contribution < 1.29 is 0 Å². The van der Waals surface area contributed by atoms with Gasteiger partial charge in [0.05, 0.1) is 0 Å². The van der Waals surface area contributed by atoms with Gasteiger partial charge in [-0.05, 0) is 13.0 Å². The van der Waals surface area contributed by atoms with E-state index in [2.05, 4.69) is 20.3 Å². The molecule has 23 heavy (non-hydrogen) atoms. The van der Waals surface area contributed by atoms with Crippen molar-refractivity contribution in [3.05, 3.63) is 70.3 Å². The number of aryl methyl sites for hydroxylation is 1. The van der Waals surface area contributed by atoms with Crippen LogP contribution in [0.15, 0.2) is 53.5 Å². The molecular weight excluding hydrogens is 287 g/mol. The molecule has 0 aliphatic heterocycles. The summed E-state index contributed by atoms with van der Waals surface area (Å²) >= 11 is 0. The fraction of sp³-hybridized carbons (Fsp3) is 0.118. The highest BCUT2D eigenvalue weighted by Crippen LogP contribution is 2.17. The molecule has 0 fully saturated rings. The van der Waals surface area contributed by atoms with Crippen molar-refractivity contribution >= 4 is 19.1 Å². The summed E-state index contributed by atoms with van der Waals surface area (Å²) in [4.78, 5) is 23.4. The molecule has 0 aliphatic rings. The van der Waals surface area contributed by atoms with E-state index in [4.69, 9.17) is 0 Å². The summed E-state index contributed by atoms with van der Waals surface area (Å²) in [5.41, 5.74) is 3.62. The number of pyridine rings is 1. The van der Waals surface area contributed by atoms with Gasteiger partial charge in [0, 0.05) is 35.6 Å². The van der Waals surface area contributed by atoms with E-state index >= 15 is 0 Å². The van der Waals surface area contributed by atoms with Crippen molar-refractivity contribution in [1.82, 2.24) is 15.0 Å². The SMILES string of the molecule is Bc1ccc(-c2nc(C)cc(NCc3ccc[nH]c3=O)n2)cc1. The lowest BCUT2D eigenvalue weighted by Gasteiger charge is -2.08. The zero-order chi connectivity index (χ0) is 16.2. The van der Waals surface area contributed by atoms with Crippen LogP contribution in [-0.2, 0) is 6.54 Å². The number of hydrogen-bond donors (Lipinski definition) is 2. The fourth-order valence-corrected chi connectivity index (χ4v) is 2.27. The van der Waals surface area contributed by atoms with Crippen molar-refractivity contribution in [3.63, 3.8) is 0 Å². The number of H-pyrrole nitrogens is 1. The Kier molecular flexibility index (Phi) is 4.23. The van der Waals surface area contributed by atoms with E-state index in [1.54, 1.807) is 18.3 Å². The average Bonchev–Trinajstić information content (AvgIpc) is 2.54. The molecule has 0 saturated carbocycles. The molecule has 0 radical (unpaired) electrons. The maximum Gasteiger partial charge on any atom is 0.252 e. The van der Waals surface area contributed by atoms with E-state index in [9.17, 15) is 4.79 Å². The van der Waals surface area contributed by atoms with E-state index in [0.717, 1.165) is 11.3 Å². The number of aromatic nitrogens is 3. The highest BCUT2D eigenvalue weighted by atomic mass is 16.1. The molecule has 0 amide bonds. The van der Waals surface area contributed by atoms with Gasteiger partial charge in [-0.3, -0.25) is 4.79 Å². The van der Waals surface area contributed by atoms with Crippen molar-refractivity contribution in [3.8, 4) is 11.4 Å². The Balaban J connectivity index is 1.84. The molecule has 0 atom stereocenters. The fourth-order valence-electron chi connectivity index (χ4n) is 2.27. The highest BCUT2D eigenvalue weighted by molar-refractivity contribution is 6.32. The summed E-state index contributed by atoms with van der Waals surface area (Å²) in [5, 5.41) is 3.19. The summed E-state index contributed by atoms with van der Waals surface area (Å²) in [5.74, 6) is 1.38. The Morgan fingerprint density at radius 3 is 2.70 bits per heavy atom. The first-order valence-corrected chi connectivity index (χ1v) is 7.45. The van der Waals surface area contributed by atoms with Crippen molar-refractivity contribution in [2.45, 2.75) is 13.5 Å². The van der Waals surface area contributed by atoms with Gasteiger partial charge >= 0.3 is 0 Å². The molecule has 0 spiro atoms. The summed E-state index contributed by atoms with van der Waals surface area (Å²) in [6.07, 6.45) is 1.62. The minimum atomic E-state index is -0.0930. The van der Waals surface area contributed by atoms with Gasteiger partial charge in [0.2, 0.25) is 0 Å². The molecule has 3 rings (SSSR count). The zero-order valence-corrected chi connectivity index (χ0v) is 13.1. The number of hydrogen-bond acceptors (Lipinski definition) is 4. The quantitative estimate of drug-likeness (QED) is 0.706. The normalized spacial score (nSPS) is 10.5. The zero-order valence-electron chi connectivity index (χ0n) is 13.1. The van der Waals surface area contributed by atoms with Crippen molar-refractivity contribution in [1.29, 1.82) is 0 Å². The third-order valence-electron chi connectivity index (χ3n) is 3.52. The predicted molar refractivity (Wildman–Crippen MR) is 94.8 cm³/mol. The molecule has 5 nitrogen and oxygen atoms in total. The van der Waals surface area contributed by atoms with Gasteiger partial charge in [-0.1, -0.05) is 35.8 Å². The molecule has 114 valence electrons. The molecule has 2 heterocycles. The Bertz CT molecular complexity index is 874. The summed E-state index contributed by atoms with van der Waals surface area (Å²) in [7, 11) is 2.05. The van der Waals surface area contributed by atoms with E-state index in [1.807, 2.05) is 45.1 Å². The van der Waals surface area contributed by atoms with Gasteiger partial charge in [0.1, 0.15) is 13.7 Å². The molecule has 2 aromatic heterocycles. The second kappa shape index (κ2) is 6.48. The topological polar surface area (TPSA) is 70.7 Å². The van der Waals surface area contributed by atoms with Crippen LogP contribution in [0.4, 0.5) is 5.82 Å². The number of anilines is 1. The third-order valence-corrected chi connectivity index (χ3v) is 3.52. The van der Waals surface area contributed by atoms with Crippen molar-refractivity contribution in [2.75, 3.05) is 5.32 Å². The first-order valence-electron chi connectivity index (χ1n) is 7.45. The lowest BCUT2D eigenvalue weighted by molar-refractivity contribution is 1.03. The second-order valence-electron chi connectivity index (χ2n) is 5.46. The standard InChI is InChI=1S/C17H17BN4O/c1-11-9-15(20-10-13-3-2-8-19-17(13)23)22-16(21-11)12-4-6-14(18)7-5-12/h2-9H,10,18H2,1H3,(H,19,23)(H,20,21,22). The van der Waals surface area contributed by atoms with Gasteiger partial charge in [-0.25, -0.2) is 9.97 Å². The van der Waals surface area contributed by atoms with Crippen LogP contribution in [0.2, 0.25) is 0 Å². The number of benzene rings is 1. The molecule has 0 bridgehead atoms. The number of nitrogens with one attached hydrogen (secondary N) is 2. The van der Waals surface area contributed by atoms with Gasteiger partial charge in [0.25, 0.3) is 5.56 Å². The molecule has 1 aromatic carbocycles. The average molecular weight is 304 g/mol. The minimum absolute atomic E-state index is 0.0930. The third kappa shape index (κ3) is 3.66. The second-order valence-corrected chi connectivity index (χ2v) is 5.46. The van der Waals surface area contributed by atoms with E-state index < -0.39 is 0 Å². The van der Waals surface area contributed by atoms with E-state index in [-0.39, 0.29) is 5.56 Å². The monoisotopic (exact) mass is 304 g/mol. The molecule has 2 N–H and O–H groups in total. The Hall–Kier alpha value is -2.89. The van der Waals surface area contributed by atoms with Crippen LogP contribution >= 0.6 is 0 Å². The number of rotatable bonds is 4. The molecule has 3 aromatic rings. The highest BCUT2D eigenvalue weighted by Gasteiger charge is 2.06. The van der Waals surface area contributed by atoms with Gasteiger partial charge in [0.15, 0.2) is 5.82 Å². The first-order chi connectivity index (χ1) is 11.1. The summed E-state index contributed by atoms with van der Waals surface area (Å²) < 4.78 is 0. The molecule has 0 aliphatic carbocycles. The Morgan fingerprint density at radius 2 is 1.96 bits per heavy atom. The van der Waals surface area contributed by atoms with E-state index in [1.165, 1.54) is 5.46 Å². The summed E-state index contributed by atoms with van der Waals surface area (Å²) in [6.45, 7) is 2.35. The molecular formula is C17H17BN4O. The Labute approximate surface area is 135 Å². The molecule has 0 unspecified atom stereocenters. The molecule has 6 heteroatoms. The van der Waals surface area contributed by atoms with Crippen LogP contribution in [0.3, 0.4) is 0 Å². The molecule has 0 saturated heterocycles. The Morgan fingerprint density at radius 1 is 1.17 bits per heavy atom. The van der Waals surface area contributed by atoms with Crippen LogP contribution in [0, 0.1) is 6.92 Å². The van der Waals surface area contributed by atoms with Crippen LogP contribution in [-0.4, -0.2) is 22.8 Å². The van der Waals surface area contributed by atoms with E-state index in [0.29, 0.717) is 23.8 Å². The largest absolute Gasteiger partial charge is 0.366 e. The maximum atomic E-state index is 11.7. The van der Waals surface area contributed by atoms with Crippen molar-refractivity contribution in [2.24, 2.45) is 0 Å². The van der Waals surface area contributed by atoms with Crippen LogP contribution in [0.1, 0.15) is 11.3 Å². The maximum absolute atomic E-state index is 11.7. The van der Waals surface area contributed by atoms with Crippen LogP contribution < -0.4 is 16.3 Å². The number of aromatic amines is 1. The first kappa shape index (κ1) is 15.0. The van der Waals surface area contributed by atoms with Gasteiger partial charge in [-0.15, -0.1) is 0 Å². The van der Waals surface area contributed by atoms with Gasteiger partial charge in [-0.2, -0.15) is 0 Å². The minimum Gasteiger partial charge on any atom is -0.366 e. The van der Waals surface area contributed by atoms with Crippen LogP contribution in [0.5, 0.6) is 0 Å². The number of nitrogens with zero attached hydrogens (tertiary/aromatic N) is 2. The lowest BCUT2D eigenvalue weighted by Crippen LogP contribution is -2.15.